The van der Waals surface area contributed by atoms with Gasteiger partial charge in [0.05, 0.1) is 6.04 Å². The van der Waals surface area contributed by atoms with Gasteiger partial charge in [-0.3, -0.25) is 0 Å². The minimum atomic E-state index is -0.0653. The van der Waals surface area contributed by atoms with Crippen molar-refractivity contribution in [3.63, 3.8) is 0 Å². The molecule has 2 aromatic carbocycles. The van der Waals surface area contributed by atoms with Crippen LogP contribution in [0.2, 0.25) is 0 Å². The Bertz CT molecular complexity index is 506. The second kappa shape index (κ2) is 5.02. The van der Waals surface area contributed by atoms with E-state index in [1.807, 2.05) is 31.3 Å². The van der Waals surface area contributed by atoms with E-state index in [1.165, 1.54) is 11.1 Å². The second-order valence-electron chi connectivity index (χ2n) is 4.21. The fourth-order valence-corrected chi connectivity index (χ4v) is 2.00. The first kappa shape index (κ1) is 11.7. The van der Waals surface area contributed by atoms with Gasteiger partial charge >= 0.3 is 0 Å². The van der Waals surface area contributed by atoms with Crippen molar-refractivity contribution in [3.05, 3.63) is 65.2 Å². The van der Waals surface area contributed by atoms with E-state index in [0.717, 1.165) is 11.3 Å². The molecule has 0 heterocycles. The van der Waals surface area contributed by atoms with Crippen molar-refractivity contribution >= 4 is 5.69 Å². The van der Waals surface area contributed by atoms with Crippen LogP contribution in [0.1, 0.15) is 22.7 Å². The van der Waals surface area contributed by atoms with Gasteiger partial charge in [0.25, 0.3) is 0 Å². The van der Waals surface area contributed by atoms with Crippen LogP contribution < -0.4 is 11.1 Å². The number of nitrogens with two attached hydrogens (primary N) is 1. The topological polar surface area (TPSA) is 38.0 Å². The molecule has 3 N–H and O–H groups in total. The van der Waals surface area contributed by atoms with Crippen LogP contribution in [-0.4, -0.2) is 7.05 Å². The lowest BCUT2D eigenvalue weighted by Gasteiger charge is -2.16. The molecule has 1 atom stereocenters. The van der Waals surface area contributed by atoms with Crippen LogP contribution in [0.15, 0.2) is 48.5 Å². The van der Waals surface area contributed by atoms with Gasteiger partial charge in [-0.25, -0.2) is 0 Å². The molecule has 0 saturated heterocycles. The molecule has 17 heavy (non-hydrogen) atoms. The first-order valence-corrected chi connectivity index (χ1v) is 5.81. The molecule has 2 nitrogen and oxygen atoms in total. The van der Waals surface area contributed by atoms with Gasteiger partial charge < -0.3 is 11.1 Å². The number of hydrogen-bond acceptors (Lipinski definition) is 2. The van der Waals surface area contributed by atoms with E-state index in [9.17, 15) is 0 Å². The van der Waals surface area contributed by atoms with Crippen molar-refractivity contribution in [2.45, 2.75) is 13.0 Å². The number of anilines is 1. The number of benzene rings is 2. The molecule has 0 amide bonds. The summed E-state index contributed by atoms with van der Waals surface area (Å²) < 4.78 is 0. The van der Waals surface area contributed by atoms with E-state index in [0.29, 0.717) is 0 Å². The van der Waals surface area contributed by atoms with Gasteiger partial charge in [0, 0.05) is 12.7 Å². The Morgan fingerprint density at radius 1 is 1.06 bits per heavy atom. The molecule has 0 spiro atoms. The zero-order valence-electron chi connectivity index (χ0n) is 10.3. The third-order valence-electron chi connectivity index (χ3n) is 3.06. The van der Waals surface area contributed by atoms with Crippen molar-refractivity contribution in [2.24, 2.45) is 5.73 Å². The first-order valence-electron chi connectivity index (χ1n) is 5.81. The lowest BCUT2D eigenvalue weighted by atomic mass is 9.95. The van der Waals surface area contributed by atoms with Crippen molar-refractivity contribution in [3.8, 4) is 0 Å². The number of rotatable bonds is 3. The Morgan fingerprint density at radius 2 is 1.82 bits per heavy atom. The molecule has 2 aromatic rings. The van der Waals surface area contributed by atoms with Crippen molar-refractivity contribution in [1.82, 2.24) is 0 Å². The van der Waals surface area contributed by atoms with Crippen molar-refractivity contribution < 1.29 is 0 Å². The van der Waals surface area contributed by atoms with Crippen LogP contribution in [0.4, 0.5) is 5.69 Å². The zero-order chi connectivity index (χ0) is 12.3. The highest BCUT2D eigenvalue weighted by Gasteiger charge is 2.10. The Labute approximate surface area is 102 Å². The van der Waals surface area contributed by atoms with E-state index < -0.39 is 0 Å². The summed E-state index contributed by atoms with van der Waals surface area (Å²) in [6.45, 7) is 2.09. The van der Waals surface area contributed by atoms with Gasteiger partial charge in [0.15, 0.2) is 0 Å². The molecule has 0 bridgehead atoms. The summed E-state index contributed by atoms with van der Waals surface area (Å²) in [5.41, 5.74) is 10.9. The van der Waals surface area contributed by atoms with E-state index in [-0.39, 0.29) is 6.04 Å². The molecule has 0 radical (unpaired) electrons. The Morgan fingerprint density at radius 3 is 2.53 bits per heavy atom. The fourth-order valence-electron chi connectivity index (χ4n) is 2.00. The molecule has 0 aliphatic rings. The fraction of sp³-hybridized carbons (Fsp3) is 0.200. The lowest BCUT2D eigenvalue weighted by molar-refractivity contribution is 0.862. The summed E-state index contributed by atoms with van der Waals surface area (Å²) in [5.74, 6) is 0. The lowest BCUT2D eigenvalue weighted by Crippen LogP contribution is -2.13. The van der Waals surface area contributed by atoms with Crippen LogP contribution >= 0.6 is 0 Å². The molecular weight excluding hydrogens is 208 g/mol. The van der Waals surface area contributed by atoms with Crippen LogP contribution in [0.3, 0.4) is 0 Å². The van der Waals surface area contributed by atoms with E-state index >= 15 is 0 Å². The normalized spacial score (nSPS) is 12.2. The van der Waals surface area contributed by atoms with Gasteiger partial charge in [-0.1, -0.05) is 36.4 Å². The van der Waals surface area contributed by atoms with Crippen LogP contribution in [0.25, 0.3) is 0 Å². The summed E-state index contributed by atoms with van der Waals surface area (Å²) >= 11 is 0. The SMILES string of the molecule is CNc1cccc(C(N)c2ccccc2C)c1. The summed E-state index contributed by atoms with van der Waals surface area (Å²) in [6.07, 6.45) is 0. The standard InChI is InChI=1S/C15H18N2/c1-11-6-3-4-9-14(11)15(16)12-7-5-8-13(10-12)17-2/h3-10,15,17H,16H2,1-2H3. The Kier molecular flexibility index (Phi) is 3.45. The van der Waals surface area contributed by atoms with Crippen LogP contribution in [-0.2, 0) is 0 Å². The number of nitrogens with one attached hydrogen (secondary N) is 1. The quantitative estimate of drug-likeness (QED) is 0.844. The average Bonchev–Trinajstić information content (AvgIpc) is 2.38. The van der Waals surface area contributed by atoms with Gasteiger partial charge in [-0.15, -0.1) is 0 Å². The van der Waals surface area contributed by atoms with E-state index in [2.05, 4.69) is 36.5 Å². The maximum Gasteiger partial charge on any atom is 0.0555 e. The smallest absolute Gasteiger partial charge is 0.0555 e. The molecule has 0 saturated carbocycles. The molecule has 0 aromatic heterocycles. The Balaban J connectivity index is 2.37. The second-order valence-corrected chi connectivity index (χ2v) is 4.21. The summed E-state index contributed by atoms with van der Waals surface area (Å²) in [7, 11) is 1.92. The van der Waals surface area contributed by atoms with E-state index in [4.69, 9.17) is 5.73 Å². The van der Waals surface area contributed by atoms with E-state index in [1.54, 1.807) is 0 Å². The van der Waals surface area contributed by atoms with Crippen LogP contribution in [0, 0.1) is 6.92 Å². The minimum absolute atomic E-state index is 0.0653. The maximum absolute atomic E-state index is 6.31. The molecule has 0 fully saturated rings. The molecule has 0 aliphatic heterocycles. The summed E-state index contributed by atoms with van der Waals surface area (Å²) in [6, 6.07) is 16.4. The van der Waals surface area contributed by atoms with Gasteiger partial charge in [-0.2, -0.15) is 0 Å². The summed E-state index contributed by atoms with van der Waals surface area (Å²) in [5, 5.41) is 3.13. The molecule has 2 rings (SSSR count). The predicted molar refractivity (Wildman–Crippen MR) is 73.2 cm³/mol. The molecule has 88 valence electrons. The highest BCUT2D eigenvalue weighted by atomic mass is 14.8. The van der Waals surface area contributed by atoms with Gasteiger partial charge in [0.1, 0.15) is 0 Å². The minimum Gasteiger partial charge on any atom is -0.388 e. The molecular formula is C15H18N2. The maximum atomic E-state index is 6.31. The highest BCUT2D eigenvalue weighted by molar-refractivity contribution is 5.48. The molecule has 0 aliphatic carbocycles. The number of hydrogen-bond donors (Lipinski definition) is 2. The predicted octanol–water partition coefficient (Wildman–Crippen LogP) is 3.08. The molecule has 2 heteroatoms. The Hall–Kier alpha value is -1.80. The first-order chi connectivity index (χ1) is 8.22. The monoisotopic (exact) mass is 226 g/mol. The molecule has 1 unspecified atom stereocenters. The third-order valence-corrected chi connectivity index (χ3v) is 3.06. The number of aryl methyl sites for hydroxylation is 1. The van der Waals surface area contributed by atoms with Gasteiger partial charge in [0.2, 0.25) is 0 Å². The highest BCUT2D eigenvalue weighted by Crippen LogP contribution is 2.24. The summed E-state index contributed by atoms with van der Waals surface area (Å²) in [4.78, 5) is 0. The largest absolute Gasteiger partial charge is 0.388 e. The average molecular weight is 226 g/mol. The van der Waals surface area contributed by atoms with Gasteiger partial charge in [-0.05, 0) is 35.7 Å². The third kappa shape index (κ3) is 2.48. The van der Waals surface area contributed by atoms with Crippen LogP contribution in [0.5, 0.6) is 0 Å². The van der Waals surface area contributed by atoms with Crippen molar-refractivity contribution in [1.29, 1.82) is 0 Å². The van der Waals surface area contributed by atoms with Crippen molar-refractivity contribution in [2.75, 3.05) is 12.4 Å². The zero-order valence-corrected chi connectivity index (χ0v) is 10.3.